The van der Waals surface area contributed by atoms with Crippen LogP contribution in [0.5, 0.6) is 0 Å². The summed E-state index contributed by atoms with van der Waals surface area (Å²) in [6, 6.07) is 14.9. The summed E-state index contributed by atoms with van der Waals surface area (Å²) in [5, 5.41) is 3.46. The molecule has 2 unspecified atom stereocenters. The molecule has 4 rings (SSSR count). The predicted octanol–water partition coefficient (Wildman–Crippen LogP) is 7.02. The van der Waals surface area contributed by atoms with Crippen LogP contribution in [0.15, 0.2) is 54.7 Å². The number of aryl methyl sites for hydroxylation is 2. The highest BCUT2D eigenvalue weighted by Crippen LogP contribution is 2.46. The van der Waals surface area contributed by atoms with Crippen molar-refractivity contribution in [3.63, 3.8) is 0 Å². The molecule has 0 radical (unpaired) electrons. The summed E-state index contributed by atoms with van der Waals surface area (Å²) in [5.74, 6) is 0.866. The number of hydrogen-bond donors (Lipinski definition) is 1. The minimum atomic E-state index is 0.209. The zero-order chi connectivity index (χ0) is 23.4. The van der Waals surface area contributed by atoms with E-state index in [9.17, 15) is 4.79 Å². The van der Waals surface area contributed by atoms with Gasteiger partial charge in [0.15, 0.2) is 0 Å². The van der Waals surface area contributed by atoms with Crippen LogP contribution >= 0.6 is 0 Å². The second kappa shape index (κ2) is 10.2. The van der Waals surface area contributed by atoms with E-state index in [1.165, 1.54) is 36.8 Å². The van der Waals surface area contributed by atoms with Gasteiger partial charge in [-0.1, -0.05) is 64.5 Å². The lowest BCUT2D eigenvalue weighted by molar-refractivity contribution is 0.0134. The second-order valence-electron chi connectivity index (χ2n) is 10.4. The van der Waals surface area contributed by atoms with Gasteiger partial charge in [0, 0.05) is 36.5 Å². The number of benzene rings is 2. The van der Waals surface area contributed by atoms with Crippen LogP contribution in [0.3, 0.4) is 0 Å². The number of hydrogen-bond acceptors (Lipinski definition) is 2. The van der Waals surface area contributed by atoms with E-state index in [4.69, 9.17) is 0 Å². The maximum absolute atomic E-state index is 13.5. The molecule has 2 fully saturated rings. The maximum Gasteiger partial charge on any atom is 0.254 e. The molecule has 1 heterocycles. The Labute approximate surface area is 200 Å². The molecule has 2 aromatic carbocycles. The Morgan fingerprint density at radius 3 is 2.55 bits per heavy atom. The predicted molar refractivity (Wildman–Crippen MR) is 139 cm³/mol. The van der Waals surface area contributed by atoms with E-state index in [0.717, 1.165) is 61.3 Å². The number of anilines is 1. The lowest BCUT2D eigenvalue weighted by Gasteiger charge is -2.49. The smallest absolute Gasteiger partial charge is 0.254 e. The fraction of sp³-hybridized carbons (Fsp3) is 0.500. The molecular formula is C30H40N2O. The fourth-order valence-electron chi connectivity index (χ4n) is 5.78. The summed E-state index contributed by atoms with van der Waals surface area (Å²) in [5.41, 5.74) is 7.00. The van der Waals surface area contributed by atoms with Crippen molar-refractivity contribution in [3.8, 4) is 0 Å². The number of carbonyl (C=O) groups is 1. The quantitative estimate of drug-likeness (QED) is 0.497. The van der Waals surface area contributed by atoms with Gasteiger partial charge in [0.1, 0.15) is 0 Å². The van der Waals surface area contributed by atoms with Crippen LogP contribution < -0.4 is 5.32 Å². The van der Waals surface area contributed by atoms with Crippen molar-refractivity contribution < 1.29 is 4.79 Å². The lowest BCUT2D eigenvalue weighted by Crippen LogP contribution is -2.49. The highest BCUT2D eigenvalue weighted by atomic mass is 16.2. The van der Waals surface area contributed by atoms with Crippen molar-refractivity contribution in [2.75, 3.05) is 18.4 Å². The van der Waals surface area contributed by atoms with E-state index in [1.54, 1.807) is 0 Å². The maximum atomic E-state index is 13.5. The number of nitrogens with zero attached hydrogens (tertiary/aromatic N) is 1. The number of allylic oxidation sites excluding steroid dienone is 1. The number of likely N-dealkylation sites (tertiary alicyclic amines) is 1. The number of piperidine rings is 1. The average molecular weight is 445 g/mol. The van der Waals surface area contributed by atoms with E-state index < -0.39 is 0 Å². The molecule has 1 aliphatic heterocycles. The molecule has 2 aromatic rings. The van der Waals surface area contributed by atoms with Crippen molar-refractivity contribution >= 4 is 11.6 Å². The third-order valence-corrected chi connectivity index (χ3v) is 8.10. The van der Waals surface area contributed by atoms with Gasteiger partial charge < -0.3 is 10.2 Å². The molecular weight excluding hydrogens is 404 g/mol. The van der Waals surface area contributed by atoms with E-state index >= 15 is 0 Å². The molecule has 1 saturated heterocycles. The molecule has 0 aromatic heterocycles. The van der Waals surface area contributed by atoms with Crippen LogP contribution in [-0.2, 0) is 19.3 Å². The Bertz CT molecular complexity index is 993. The van der Waals surface area contributed by atoms with Gasteiger partial charge in [-0.25, -0.2) is 0 Å². The third-order valence-electron chi connectivity index (χ3n) is 8.10. The van der Waals surface area contributed by atoms with Gasteiger partial charge in [0.2, 0.25) is 0 Å². The second-order valence-corrected chi connectivity index (χ2v) is 10.4. The van der Waals surface area contributed by atoms with Gasteiger partial charge >= 0.3 is 0 Å². The summed E-state index contributed by atoms with van der Waals surface area (Å²) >= 11 is 0. The molecule has 0 bridgehead atoms. The molecule has 1 amide bonds. The van der Waals surface area contributed by atoms with Crippen molar-refractivity contribution in [1.29, 1.82) is 0 Å². The lowest BCUT2D eigenvalue weighted by atomic mass is 9.64. The zero-order valence-electron chi connectivity index (χ0n) is 20.8. The van der Waals surface area contributed by atoms with Crippen LogP contribution in [0.1, 0.15) is 79.9 Å². The summed E-state index contributed by atoms with van der Waals surface area (Å²) < 4.78 is 0. The summed E-state index contributed by atoms with van der Waals surface area (Å²) in [7, 11) is 0. The van der Waals surface area contributed by atoms with Gasteiger partial charge in [-0.15, -0.1) is 0 Å². The first-order chi connectivity index (χ1) is 15.9. The van der Waals surface area contributed by atoms with Crippen LogP contribution in [0, 0.1) is 11.3 Å². The van der Waals surface area contributed by atoms with E-state index in [2.05, 4.69) is 67.9 Å². The minimum Gasteiger partial charge on any atom is -0.359 e. The molecule has 1 saturated carbocycles. The number of rotatable bonds is 7. The topological polar surface area (TPSA) is 32.3 Å². The van der Waals surface area contributed by atoms with Crippen molar-refractivity contribution in [2.24, 2.45) is 11.3 Å². The molecule has 176 valence electrons. The van der Waals surface area contributed by atoms with E-state index in [0.29, 0.717) is 11.3 Å². The normalized spacial score (nSPS) is 22.5. The monoisotopic (exact) mass is 444 g/mol. The summed E-state index contributed by atoms with van der Waals surface area (Å²) in [6.07, 6.45) is 9.10. The zero-order valence-corrected chi connectivity index (χ0v) is 20.8. The summed E-state index contributed by atoms with van der Waals surface area (Å²) in [4.78, 5) is 15.6. The van der Waals surface area contributed by atoms with Gasteiger partial charge in [0.05, 0.1) is 0 Å². The highest BCUT2D eigenvalue weighted by Gasteiger charge is 2.41. The fourth-order valence-corrected chi connectivity index (χ4v) is 5.78. The van der Waals surface area contributed by atoms with Crippen molar-refractivity contribution in [2.45, 2.75) is 72.1 Å². The highest BCUT2D eigenvalue weighted by molar-refractivity contribution is 5.96. The molecule has 33 heavy (non-hydrogen) atoms. The SMILES string of the molecule is C=C(Cc1ccc(CC)cc1)Nc1ccc(C(=O)N2CCC3(C)CCCCC3C2)c(CC)c1. The van der Waals surface area contributed by atoms with Crippen LogP contribution in [0.2, 0.25) is 0 Å². The molecule has 1 aliphatic carbocycles. The first kappa shape index (κ1) is 23.6. The number of amides is 1. The summed E-state index contributed by atoms with van der Waals surface area (Å²) in [6.45, 7) is 12.8. The van der Waals surface area contributed by atoms with Crippen LogP contribution in [0.25, 0.3) is 0 Å². The first-order valence-electron chi connectivity index (χ1n) is 12.9. The van der Waals surface area contributed by atoms with Gasteiger partial charge in [-0.05, 0) is 78.3 Å². The van der Waals surface area contributed by atoms with Crippen molar-refractivity contribution in [3.05, 3.63) is 77.0 Å². The largest absolute Gasteiger partial charge is 0.359 e. The third kappa shape index (κ3) is 5.34. The Balaban J connectivity index is 1.41. The van der Waals surface area contributed by atoms with Crippen LogP contribution in [0.4, 0.5) is 5.69 Å². The Hall–Kier alpha value is -2.55. The first-order valence-corrected chi connectivity index (χ1v) is 12.9. The number of fused-ring (bicyclic) bond motifs is 1. The molecule has 3 nitrogen and oxygen atoms in total. The number of carbonyl (C=O) groups excluding carboxylic acids is 1. The molecule has 2 atom stereocenters. The van der Waals surface area contributed by atoms with Gasteiger partial charge in [-0.2, -0.15) is 0 Å². The Morgan fingerprint density at radius 1 is 1.06 bits per heavy atom. The van der Waals surface area contributed by atoms with Crippen molar-refractivity contribution in [1.82, 2.24) is 4.90 Å². The van der Waals surface area contributed by atoms with Gasteiger partial charge in [0.25, 0.3) is 5.91 Å². The molecule has 2 aliphatic rings. The van der Waals surface area contributed by atoms with Crippen LogP contribution in [-0.4, -0.2) is 23.9 Å². The molecule has 0 spiro atoms. The molecule has 3 heteroatoms. The van der Waals surface area contributed by atoms with Gasteiger partial charge in [-0.3, -0.25) is 4.79 Å². The van der Waals surface area contributed by atoms with E-state index in [-0.39, 0.29) is 5.91 Å². The standard InChI is InChI=1S/C30H40N2O/c1-5-23-10-12-24(13-11-23)19-22(3)31-27-14-15-28(25(6-2)20-27)29(33)32-18-17-30(4)16-8-7-9-26(30)21-32/h10-15,20,26,31H,3,5-9,16-19,21H2,1-2,4H3. The number of nitrogens with one attached hydrogen (secondary N) is 1. The Kier molecular flexibility index (Phi) is 7.26. The van der Waals surface area contributed by atoms with E-state index in [1.807, 2.05) is 12.1 Å². The molecule has 1 N–H and O–H groups in total. The average Bonchev–Trinajstić information content (AvgIpc) is 2.83. The minimum absolute atomic E-state index is 0.209. The Morgan fingerprint density at radius 2 is 1.82 bits per heavy atom.